The molecule has 2 aliphatic carbocycles. The number of fused-ring (bicyclic) bond motifs is 4. The van der Waals surface area contributed by atoms with Crippen LogP contribution >= 0.6 is 11.6 Å². The molecule has 1 saturated carbocycles. The standard InChI is InChI=1S/C41H60ClN5O6S/c1-28-7-5-16-41(50,26-45-18-20-46(38(48)24-45)19-17-44(3)4)35-12-9-32(35)23-47-25-40(15-6-8-30-21-33(42)11-13-34(30)40)27-53-37-14-10-31(22-36(37)47)39(49)43-54(51,52)29(28)2/h10-11,13-14,21-22,28-29,32,35,38,48,50H,5-9,12,15-20,23-27H2,1-4H3,(H,43,49)/t28-,29+,32-,35?,38?,40-,41+/m0/s1. The van der Waals surface area contributed by atoms with Crippen LogP contribution in [0.3, 0.4) is 0 Å². The summed E-state index contributed by atoms with van der Waals surface area (Å²) in [7, 11) is 0.0976. The molecule has 298 valence electrons. The number of hydrogen-bond donors (Lipinski definition) is 3. The number of aryl methyl sites for hydroxylation is 1. The van der Waals surface area contributed by atoms with Gasteiger partial charge < -0.3 is 24.7 Å². The number of likely N-dealkylation sites (N-methyl/N-ethyl adjacent to an activating group) is 1. The number of ether oxygens (including phenoxy) is 1. The minimum Gasteiger partial charge on any atom is -0.490 e. The van der Waals surface area contributed by atoms with Crippen LogP contribution in [0.5, 0.6) is 5.75 Å². The molecule has 2 unspecified atom stereocenters. The summed E-state index contributed by atoms with van der Waals surface area (Å²) in [6.45, 7) is 9.48. The maximum absolute atomic E-state index is 13.6. The number of β-amino-alcohol motifs (C(OH)–C–C–N with tert-alkyl or cyclic N) is 2. The minimum absolute atomic E-state index is 0.0262. The zero-order valence-electron chi connectivity index (χ0n) is 32.5. The maximum atomic E-state index is 13.6. The van der Waals surface area contributed by atoms with Crippen LogP contribution in [0.25, 0.3) is 0 Å². The molecule has 54 heavy (non-hydrogen) atoms. The van der Waals surface area contributed by atoms with Gasteiger partial charge in [0.15, 0.2) is 0 Å². The van der Waals surface area contributed by atoms with Gasteiger partial charge in [0.05, 0.1) is 23.1 Å². The predicted octanol–water partition coefficient (Wildman–Crippen LogP) is 4.34. The summed E-state index contributed by atoms with van der Waals surface area (Å²) in [5.41, 5.74) is 2.21. The van der Waals surface area contributed by atoms with Gasteiger partial charge >= 0.3 is 0 Å². The maximum Gasteiger partial charge on any atom is 0.264 e. The average Bonchev–Trinajstić information content (AvgIpc) is 3.25. The first kappa shape index (κ1) is 39.8. The Morgan fingerprint density at radius 1 is 1.04 bits per heavy atom. The van der Waals surface area contributed by atoms with Crippen molar-refractivity contribution in [3.63, 3.8) is 0 Å². The lowest BCUT2D eigenvalue weighted by atomic mass is 9.62. The molecule has 1 saturated heterocycles. The lowest BCUT2D eigenvalue weighted by Gasteiger charge is -2.52. The first-order chi connectivity index (χ1) is 25.7. The quantitative estimate of drug-likeness (QED) is 0.404. The van der Waals surface area contributed by atoms with Crippen LogP contribution in [0, 0.1) is 17.8 Å². The molecule has 1 amide bonds. The van der Waals surface area contributed by atoms with Crippen molar-refractivity contribution in [1.82, 2.24) is 19.4 Å². The Hall–Kier alpha value is -2.45. The molecule has 3 aliphatic heterocycles. The summed E-state index contributed by atoms with van der Waals surface area (Å²) >= 11 is 6.48. The van der Waals surface area contributed by atoms with Crippen molar-refractivity contribution in [2.24, 2.45) is 17.8 Å². The van der Waals surface area contributed by atoms with Gasteiger partial charge in [0.2, 0.25) is 10.0 Å². The zero-order valence-corrected chi connectivity index (χ0v) is 34.0. The average molecular weight is 786 g/mol. The normalized spacial score (nSPS) is 33.6. The lowest BCUT2D eigenvalue weighted by Crippen LogP contribution is -2.61. The second-order valence-electron chi connectivity index (χ2n) is 17.4. The molecule has 7 atom stereocenters. The Morgan fingerprint density at radius 3 is 2.59 bits per heavy atom. The van der Waals surface area contributed by atoms with Gasteiger partial charge in [-0.1, -0.05) is 31.0 Å². The number of halogens is 1. The molecule has 7 rings (SSSR count). The first-order valence-electron chi connectivity index (χ1n) is 20.0. The molecule has 11 nitrogen and oxygen atoms in total. The largest absolute Gasteiger partial charge is 0.490 e. The first-order valence-corrected chi connectivity index (χ1v) is 22.0. The van der Waals surface area contributed by atoms with E-state index in [1.54, 1.807) is 19.1 Å². The number of hydrogen-bond acceptors (Lipinski definition) is 10. The molecular formula is C41H60ClN5O6S. The third-order valence-corrected chi connectivity index (χ3v) is 15.7. The van der Waals surface area contributed by atoms with Crippen molar-refractivity contribution in [2.75, 3.05) is 78.0 Å². The number of rotatable bonds is 5. The molecule has 2 bridgehead atoms. The third-order valence-electron chi connectivity index (χ3n) is 13.5. The van der Waals surface area contributed by atoms with Gasteiger partial charge in [-0.05, 0) is 125 Å². The summed E-state index contributed by atoms with van der Waals surface area (Å²) in [4.78, 5) is 22.5. The summed E-state index contributed by atoms with van der Waals surface area (Å²) in [5, 5.41) is 24.0. The molecule has 0 radical (unpaired) electrons. The molecule has 5 aliphatic rings. The van der Waals surface area contributed by atoms with Crippen LogP contribution in [0.15, 0.2) is 36.4 Å². The van der Waals surface area contributed by atoms with E-state index >= 15 is 0 Å². The number of carbonyl (C=O) groups is 1. The van der Waals surface area contributed by atoms with Crippen molar-refractivity contribution in [3.05, 3.63) is 58.1 Å². The van der Waals surface area contributed by atoms with E-state index in [-0.39, 0.29) is 28.7 Å². The van der Waals surface area contributed by atoms with Gasteiger partial charge in [-0.2, -0.15) is 0 Å². The van der Waals surface area contributed by atoms with Gasteiger partial charge in [-0.3, -0.25) is 14.6 Å². The second-order valence-corrected chi connectivity index (χ2v) is 19.9. The van der Waals surface area contributed by atoms with E-state index < -0.39 is 33.0 Å². The molecule has 3 heterocycles. The molecule has 2 aromatic carbocycles. The third kappa shape index (κ3) is 8.17. The number of nitrogens with one attached hydrogen (secondary N) is 1. The van der Waals surface area contributed by atoms with Crippen molar-refractivity contribution < 1.29 is 28.2 Å². The zero-order chi connectivity index (χ0) is 38.4. The van der Waals surface area contributed by atoms with E-state index in [2.05, 4.69) is 36.5 Å². The molecule has 13 heteroatoms. The minimum atomic E-state index is -3.98. The number of amides is 1. The fourth-order valence-electron chi connectivity index (χ4n) is 9.94. The number of nitrogens with zero attached hydrogens (tertiary/aromatic N) is 4. The van der Waals surface area contributed by atoms with Gasteiger partial charge in [0.25, 0.3) is 5.91 Å². The summed E-state index contributed by atoms with van der Waals surface area (Å²) in [5.74, 6) is 0.0215. The van der Waals surface area contributed by atoms with Crippen molar-refractivity contribution in [3.8, 4) is 5.75 Å². The predicted molar refractivity (Wildman–Crippen MR) is 213 cm³/mol. The SMILES string of the molecule is C[C@@H]1[C@@H](C)CCC[C@@](O)(CN2CCN(CCN(C)C)C(O)C2)C2CC[C@H]2CN2C[C@@]3(CCCc4cc(Cl)ccc43)COc3ccc(cc32)C(=O)NS1(=O)=O. The highest BCUT2D eigenvalue weighted by Gasteiger charge is 2.50. The highest BCUT2D eigenvalue weighted by molar-refractivity contribution is 7.90. The van der Waals surface area contributed by atoms with E-state index in [4.69, 9.17) is 16.3 Å². The van der Waals surface area contributed by atoms with E-state index in [0.29, 0.717) is 57.8 Å². The molecule has 2 aromatic rings. The monoisotopic (exact) mass is 785 g/mol. The number of benzene rings is 2. The van der Waals surface area contributed by atoms with E-state index in [0.717, 1.165) is 69.0 Å². The van der Waals surface area contributed by atoms with Crippen LogP contribution in [0.1, 0.15) is 80.3 Å². The van der Waals surface area contributed by atoms with Crippen LogP contribution in [0.4, 0.5) is 5.69 Å². The molecule has 1 spiro atoms. The molecular weight excluding hydrogens is 726 g/mol. The van der Waals surface area contributed by atoms with Gasteiger partial charge in [-0.25, -0.2) is 13.1 Å². The second kappa shape index (κ2) is 15.8. The fourth-order valence-corrected chi connectivity index (χ4v) is 11.4. The summed E-state index contributed by atoms with van der Waals surface area (Å²) in [6, 6.07) is 11.5. The van der Waals surface area contributed by atoms with E-state index in [1.807, 2.05) is 33.2 Å². The topological polar surface area (TPSA) is 126 Å². The van der Waals surface area contributed by atoms with Crippen LogP contribution in [-0.4, -0.2) is 129 Å². The molecule has 0 aromatic heterocycles. The highest BCUT2D eigenvalue weighted by atomic mass is 35.5. The van der Waals surface area contributed by atoms with Crippen molar-refractivity contribution in [2.45, 2.75) is 87.7 Å². The number of aliphatic hydroxyl groups excluding tert-OH is 1. The van der Waals surface area contributed by atoms with Crippen molar-refractivity contribution in [1.29, 1.82) is 0 Å². The van der Waals surface area contributed by atoms with E-state index in [1.165, 1.54) is 11.1 Å². The summed E-state index contributed by atoms with van der Waals surface area (Å²) < 4.78 is 36.2. The van der Waals surface area contributed by atoms with Crippen LogP contribution in [-0.2, 0) is 21.9 Å². The Bertz CT molecular complexity index is 1800. The van der Waals surface area contributed by atoms with Crippen LogP contribution in [0.2, 0.25) is 5.02 Å². The number of carbonyl (C=O) groups excluding carboxylic acids is 1. The van der Waals surface area contributed by atoms with Crippen molar-refractivity contribution >= 4 is 33.2 Å². The number of sulfonamides is 1. The van der Waals surface area contributed by atoms with Gasteiger partial charge in [-0.15, -0.1) is 0 Å². The van der Waals surface area contributed by atoms with E-state index in [9.17, 15) is 23.4 Å². The van der Waals surface area contributed by atoms with Gasteiger partial charge in [0, 0.05) is 68.4 Å². The molecule has 2 fully saturated rings. The summed E-state index contributed by atoms with van der Waals surface area (Å²) in [6.07, 6.45) is 5.98. The van der Waals surface area contributed by atoms with Gasteiger partial charge in [0.1, 0.15) is 12.0 Å². The number of piperazine rings is 1. The number of aliphatic hydroxyl groups is 2. The fraction of sp³-hybridized carbons (Fsp3) is 0.683. The molecule has 3 N–H and O–H groups in total. The Morgan fingerprint density at radius 2 is 1.85 bits per heavy atom. The Balaban J connectivity index is 1.23. The van der Waals surface area contributed by atoms with Crippen LogP contribution < -0.4 is 14.4 Å². The number of anilines is 1. The Kier molecular flexibility index (Phi) is 11.7. The Labute approximate surface area is 327 Å². The highest BCUT2D eigenvalue weighted by Crippen LogP contribution is 2.49. The lowest BCUT2D eigenvalue weighted by molar-refractivity contribution is -0.127. The smallest absolute Gasteiger partial charge is 0.264 e.